The van der Waals surface area contributed by atoms with Gasteiger partial charge in [0.1, 0.15) is 0 Å². The Bertz CT molecular complexity index is 385. The van der Waals surface area contributed by atoms with Crippen LogP contribution in [0.2, 0.25) is 0 Å². The number of benzene rings is 1. The van der Waals surface area contributed by atoms with Crippen LogP contribution in [0.3, 0.4) is 0 Å². The van der Waals surface area contributed by atoms with E-state index >= 15 is 0 Å². The second-order valence-electron chi connectivity index (χ2n) is 5.67. The van der Waals surface area contributed by atoms with Crippen molar-refractivity contribution in [2.75, 3.05) is 46.8 Å². The molecule has 0 bridgehead atoms. The van der Waals surface area contributed by atoms with Crippen LogP contribution in [0.5, 0.6) is 0 Å². The van der Waals surface area contributed by atoms with E-state index in [-0.39, 0.29) is 0 Å². The van der Waals surface area contributed by atoms with Crippen LogP contribution >= 0.6 is 0 Å². The predicted molar refractivity (Wildman–Crippen MR) is 90.6 cm³/mol. The minimum atomic E-state index is 0.923. The quantitative estimate of drug-likeness (QED) is 0.633. The SMILES string of the molecule is CCCN(CCN(C)B=N)CCN(C)Cc1ccccc1. The van der Waals surface area contributed by atoms with Crippen LogP contribution in [0, 0.1) is 5.31 Å². The van der Waals surface area contributed by atoms with Crippen LogP contribution in [-0.4, -0.2) is 68.6 Å². The molecule has 0 atom stereocenters. The Hall–Kier alpha value is -1.20. The molecule has 4 nitrogen and oxygen atoms in total. The summed E-state index contributed by atoms with van der Waals surface area (Å²) in [6, 6.07) is 10.6. The van der Waals surface area contributed by atoms with E-state index in [2.05, 4.69) is 54.1 Å². The van der Waals surface area contributed by atoms with Gasteiger partial charge in [0.15, 0.2) is 0 Å². The number of nitrogens with zero attached hydrogens (tertiary/aromatic N) is 3. The molecule has 0 aliphatic heterocycles. The molecule has 1 aromatic carbocycles. The molecule has 0 aliphatic carbocycles. The van der Waals surface area contributed by atoms with Gasteiger partial charge in [-0.25, -0.2) is 0 Å². The zero-order chi connectivity index (χ0) is 15.5. The van der Waals surface area contributed by atoms with E-state index < -0.39 is 0 Å². The number of hydrogen-bond acceptors (Lipinski definition) is 3. The fourth-order valence-electron chi connectivity index (χ4n) is 2.30. The summed E-state index contributed by atoms with van der Waals surface area (Å²) < 4.78 is 0. The molecular formula is C16H29BN4. The Kier molecular flexibility index (Phi) is 8.94. The van der Waals surface area contributed by atoms with Crippen molar-refractivity contribution in [1.82, 2.24) is 14.6 Å². The van der Waals surface area contributed by atoms with Crippen LogP contribution in [0.15, 0.2) is 30.3 Å². The molecule has 1 rings (SSSR count). The average Bonchev–Trinajstić information content (AvgIpc) is 2.50. The fraction of sp³-hybridized carbons (Fsp3) is 0.625. The molecule has 0 saturated heterocycles. The van der Waals surface area contributed by atoms with E-state index in [1.54, 1.807) is 0 Å². The summed E-state index contributed by atoms with van der Waals surface area (Å²) in [6.45, 7) is 8.46. The molecule has 0 fully saturated rings. The summed E-state index contributed by atoms with van der Waals surface area (Å²) in [5.74, 6) is 0. The first-order valence-corrected chi connectivity index (χ1v) is 7.81. The van der Waals surface area contributed by atoms with Crippen molar-refractivity contribution in [3.8, 4) is 0 Å². The van der Waals surface area contributed by atoms with E-state index in [1.807, 2.05) is 11.9 Å². The summed E-state index contributed by atoms with van der Waals surface area (Å²) >= 11 is 0. The summed E-state index contributed by atoms with van der Waals surface area (Å²) in [5, 5.41) is 7.22. The maximum absolute atomic E-state index is 7.22. The molecule has 0 spiro atoms. The Morgan fingerprint density at radius 2 is 1.62 bits per heavy atom. The molecule has 116 valence electrons. The molecule has 1 aromatic rings. The van der Waals surface area contributed by atoms with Crippen molar-refractivity contribution in [2.24, 2.45) is 0 Å². The van der Waals surface area contributed by atoms with Gasteiger partial charge in [0.2, 0.25) is 0 Å². The van der Waals surface area contributed by atoms with Crippen molar-refractivity contribution in [3.63, 3.8) is 0 Å². The van der Waals surface area contributed by atoms with E-state index in [4.69, 9.17) is 5.31 Å². The molecule has 0 saturated carbocycles. The minimum absolute atomic E-state index is 0.923. The van der Waals surface area contributed by atoms with Crippen LogP contribution in [0.25, 0.3) is 0 Å². The first kappa shape index (κ1) is 17.9. The van der Waals surface area contributed by atoms with Crippen molar-refractivity contribution in [3.05, 3.63) is 35.9 Å². The van der Waals surface area contributed by atoms with Gasteiger partial charge in [0.05, 0.1) is 0 Å². The monoisotopic (exact) mass is 288 g/mol. The molecule has 0 heterocycles. The van der Waals surface area contributed by atoms with Crippen molar-refractivity contribution < 1.29 is 0 Å². The molecule has 0 unspecified atom stereocenters. The Labute approximate surface area is 130 Å². The zero-order valence-corrected chi connectivity index (χ0v) is 13.8. The Balaban J connectivity index is 2.32. The van der Waals surface area contributed by atoms with Gasteiger partial charge in [-0.05, 0) is 0 Å². The molecule has 1 N–H and O–H groups in total. The molecule has 0 radical (unpaired) electrons. The van der Waals surface area contributed by atoms with E-state index in [1.165, 1.54) is 19.2 Å². The topological polar surface area (TPSA) is 33.6 Å². The molecule has 21 heavy (non-hydrogen) atoms. The van der Waals surface area contributed by atoms with Gasteiger partial charge in [-0.1, -0.05) is 0 Å². The van der Waals surface area contributed by atoms with Gasteiger partial charge < -0.3 is 0 Å². The second kappa shape index (κ2) is 10.5. The first-order valence-electron chi connectivity index (χ1n) is 7.81. The van der Waals surface area contributed by atoms with Crippen LogP contribution in [-0.2, 0) is 6.54 Å². The van der Waals surface area contributed by atoms with E-state index in [0.717, 1.165) is 39.3 Å². The molecule has 0 aliphatic rings. The number of rotatable bonds is 11. The fourth-order valence-corrected chi connectivity index (χ4v) is 2.30. The zero-order valence-electron chi connectivity index (χ0n) is 13.8. The normalized spacial score (nSPS) is 10.9. The molecular weight excluding hydrogens is 259 g/mol. The third-order valence-electron chi connectivity index (χ3n) is 3.62. The van der Waals surface area contributed by atoms with E-state index in [0.29, 0.717) is 0 Å². The van der Waals surface area contributed by atoms with Gasteiger partial charge in [0.25, 0.3) is 0 Å². The Morgan fingerprint density at radius 1 is 0.952 bits per heavy atom. The number of likely N-dealkylation sites (N-methyl/N-ethyl adjacent to an activating group) is 2. The second-order valence-corrected chi connectivity index (χ2v) is 5.67. The third kappa shape index (κ3) is 7.98. The Morgan fingerprint density at radius 3 is 2.24 bits per heavy atom. The molecule has 0 aromatic heterocycles. The molecule has 0 amide bonds. The number of nitrogens with one attached hydrogen (secondary N) is 1. The summed E-state index contributed by atoms with van der Waals surface area (Å²) in [4.78, 5) is 6.79. The number of hydrogen-bond donors (Lipinski definition) is 1. The van der Waals surface area contributed by atoms with Gasteiger partial charge in [0, 0.05) is 0 Å². The van der Waals surface area contributed by atoms with Crippen molar-refractivity contribution >= 4 is 7.21 Å². The maximum atomic E-state index is 7.22. The van der Waals surface area contributed by atoms with Gasteiger partial charge >= 0.3 is 130 Å². The van der Waals surface area contributed by atoms with Crippen LogP contribution in [0.4, 0.5) is 0 Å². The average molecular weight is 288 g/mol. The van der Waals surface area contributed by atoms with E-state index in [9.17, 15) is 0 Å². The van der Waals surface area contributed by atoms with Crippen LogP contribution in [0.1, 0.15) is 18.9 Å². The van der Waals surface area contributed by atoms with Gasteiger partial charge in [-0.15, -0.1) is 0 Å². The summed E-state index contributed by atoms with van der Waals surface area (Å²) in [6.07, 6.45) is 1.18. The standard InChI is InChI=1S/C16H29BN4/c1-4-10-21(14-12-20(3)17-18)13-11-19(2)15-16-8-6-5-7-9-16/h5-9,18H,4,10-15H2,1-3H3. The molecule has 5 heteroatoms. The van der Waals surface area contributed by atoms with Gasteiger partial charge in [-0.3, -0.25) is 0 Å². The van der Waals surface area contributed by atoms with Crippen LogP contribution < -0.4 is 0 Å². The van der Waals surface area contributed by atoms with Gasteiger partial charge in [-0.2, -0.15) is 0 Å². The predicted octanol–water partition coefficient (Wildman–Crippen LogP) is 2.14. The first-order chi connectivity index (χ1) is 10.2. The van der Waals surface area contributed by atoms with Crippen molar-refractivity contribution in [1.29, 1.82) is 5.31 Å². The van der Waals surface area contributed by atoms with Crippen molar-refractivity contribution in [2.45, 2.75) is 19.9 Å². The summed E-state index contributed by atoms with van der Waals surface area (Å²) in [7, 11) is 5.53. The third-order valence-corrected chi connectivity index (χ3v) is 3.62. The summed E-state index contributed by atoms with van der Waals surface area (Å²) in [5.41, 5.74) is 1.37.